The SMILES string of the molecule is CCCN1CCC(CCNc2nnc([C@H](N)c3ccccc3)o2)CC1. The zero-order chi connectivity index (χ0) is 17.5. The summed E-state index contributed by atoms with van der Waals surface area (Å²) in [6.45, 7) is 6.81. The number of nitrogens with zero attached hydrogens (tertiary/aromatic N) is 3. The molecule has 1 aliphatic rings. The lowest BCUT2D eigenvalue weighted by Crippen LogP contribution is -2.34. The van der Waals surface area contributed by atoms with E-state index in [-0.39, 0.29) is 6.04 Å². The average Bonchev–Trinajstić information content (AvgIpc) is 3.12. The largest absolute Gasteiger partial charge is 0.406 e. The molecule has 2 heterocycles. The highest BCUT2D eigenvalue weighted by atomic mass is 16.4. The van der Waals surface area contributed by atoms with E-state index in [2.05, 4.69) is 27.3 Å². The summed E-state index contributed by atoms with van der Waals surface area (Å²) >= 11 is 0. The van der Waals surface area contributed by atoms with Crippen molar-refractivity contribution in [2.45, 2.75) is 38.6 Å². The molecule has 6 nitrogen and oxygen atoms in total. The zero-order valence-electron chi connectivity index (χ0n) is 15.0. The van der Waals surface area contributed by atoms with Crippen molar-refractivity contribution in [3.05, 3.63) is 41.8 Å². The molecular formula is C19H29N5O. The molecule has 1 atom stereocenters. The van der Waals surface area contributed by atoms with E-state index in [1.165, 1.54) is 38.9 Å². The summed E-state index contributed by atoms with van der Waals surface area (Å²) in [5.74, 6) is 1.23. The minimum atomic E-state index is -0.382. The monoisotopic (exact) mass is 343 g/mol. The molecular weight excluding hydrogens is 314 g/mol. The van der Waals surface area contributed by atoms with Crippen LogP contribution >= 0.6 is 0 Å². The maximum atomic E-state index is 6.18. The van der Waals surface area contributed by atoms with Gasteiger partial charge in [-0.15, -0.1) is 5.10 Å². The van der Waals surface area contributed by atoms with Gasteiger partial charge in [0.25, 0.3) is 0 Å². The number of anilines is 1. The Labute approximate surface area is 149 Å². The van der Waals surface area contributed by atoms with Crippen LogP contribution in [0.3, 0.4) is 0 Å². The third-order valence-electron chi connectivity index (χ3n) is 4.94. The van der Waals surface area contributed by atoms with Crippen molar-refractivity contribution in [1.29, 1.82) is 0 Å². The number of rotatable bonds is 8. The maximum Gasteiger partial charge on any atom is 0.315 e. The van der Waals surface area contributed by atoms with E-state index in [1.807, 2.05) is 30.3 Å². The second-order valence-electron chi connectivity index (χ2n) is 6.83. The summed E-state index contributed by atoms with van der Waals surface area (Å²) in [6, 6.07) is 9.88. The first-order valence-electron chi connectivity index (χ1n) is 9.36. The molecule has 1 fully saturated rings. The summed E-state index contributed by atoms with van der Waals surface area (Å²) in [5.41, 5.74) is 7.15. The molecule has 0 radical (unpaired) electrons. The van der Waals surface area contributed by atoms with Gasteiger partial charge in [0.15, 0.2) is 0 Å². The molecule has 3 N–H and O–H groups in total. The van der Waals surface area contributed by atoms with Gasteiger partial charge in [-0.1, -0.05) is 42.4 Å². The van der Waals surface area contributed by atoms with Gasteiger partial charge < -0.3 is 20.4 Å². The van der Waals surface area contributed by atoms with Gasteiger partial charge in [0, 0.05) is 6.54 Å². The first kappa shape index (κ1) is 17.9. The molecule has 2 aromatic rings. The standard InChI is InChI=1S/C19H29N5O/c1-2-12-24-13-9-15(10-14-24)8-11-21-19-23-22-18(25-19)17(20)16-6-4-3-5-7-16/h3-7,15,17H,2,8-14,20H2,1H3,(H,21,23)/t17-/m1/s1. The van der Waals surface area contributed by atoms with Crippen molar-refractivity contribution >= 4 is 6.01 Å². The molecule has 1 saturated heterocycles. The van der Waals surface area contributed by atoms with Crippen LogP contribution in [0, 0.1) is 5.92 Å². The van der Waals surface area contributed by atoms with Gasteiger partial charge in [-0.25, -0.2) is 0 Å². The van der Waals surface area contributed by atoms with Gasteiger partial charge in [-0.05, 0) is 56.8 Å². The number of likely N-dealkylation sites (tertiary alicyclic amines) is 1. The number of piperidine rings is 1. The summed E-state index contributed by atoms with van der Waals surface area (Å²) in [5, 5.41) is 11.4. The number of benzene rings is 1. The first-order valence-corrected chi connectivity index (χ1v) is 9.36. The fourth-order valence-electron chi connectivity index (χ4n) is 3.43. The van der Waals surface area contributed by atoms with Gasteiger partial charge in [0.05, 0.1) is 0 Å². The lowest BCUT2D eigenvalue weighted by atomic mass is 9.93. The lowest BCUT2D eigenvalue weighted by Gasteiger charge is -2.31. The number of nitrogens with one attached hydrogen (secondary N) is 1. The quantitative estimate of drug-likeness (QED) is 0.767. The smallest absolute Gasteiger partial charge is 0.315 e. The summed E-state index contributed by atoms with van der Waals surface area (Å²) in [7, 11) is 0. The third kappa shape index (κ3) is 5.03. The van der Waals surface area contributed by atoms with E-state index in [0.29, 0.717) is 11.9 Å². The highest BCUT2D eigenvalue weighted by Gasteiger charge is 2.19. The highest BCUT2D eigenvalue weighted by Crippen LogP contribution is 2.22. The molecule has 0 aliphatic carbocycles. The summed E-state index contributed by atoms with van der Waals surface area (Å²) in [6.07, 6.45) is 4.96. The molecule has 136 valence electrons. The maximum absolute atomic E-state index is 6.18. The van der Waals surface area contributed by atoms with Gasteiger partial charge in [-0.2, -0.15) is 0 Å². The molecule has 1 aliphatic heterocycles. The normalized spacial score (nSPS) is 17.5. The third-order valence-corrected chi connectivity index (χ3v) is 4.94. The van der Waals surface area contributed by atoms with Crippen LogP contribution in [0.25, 0.3) is 0 Å². The van der Waals surface area contributed by atoms with E-state index >= 15 is 0 Å². The Hall–Kier alpha value is -1.92. The Morgan fingerprint density at radius 2 is 2.00 bits per heavy atom. The van der Waals surface area contributed by atoms with E-state index in [9.17, 15) is 0 Å². The molecule has 25 heavy (non-hydrogen) atoms. The van der Waals surface area contributed by atoms with Gasteiger partial charge >= 0.3 is 6.01 Å². The van der Waals surface area contributed by atoms with Crippen molar-refractivity contribution in [3.8, 4) is 0 Å². The fraction of sp³-hybridized carbons (Fsp3) is 0.579. The van der Waals surface area contributed by atoms with Crippen LogP contribution in [0.1, 0.15) is 50.1 Å². The van der Waals surface area contributed by atoms with Crippen molar-refractivity contribution < 1.29 is 4.42 Å². The van der Waals surface area contributed by atoms with Crippen LogP contribution in [-0.4, -0.2) is 41.3 Å². The lowest BCUT2D eigenvalue weighted by molar-refractivity contribution is 0.181. The zero-order valence-corrected chi connectivity index (χ0v) is 15.0. The fourth-order valence-corrected chi connectivity index (χ4v) is 3.43. The van der Waals surface area contributed by atoms with Crippen LogP contribution in [0.15, 0.2) is 34.7 Å². The van der Waals surface area contributed by atoms with E-state index in [4.69, 9.17) is 10.2 Å². The van der Waals surface area contributed by atoms with E-state index < -0.39 is 0 Å². The Balaban J connectivity index is 1.42. The van der Waals surface area contributed by atoms with Crippen LogP contribution in [-0.2, 0) is 0 Å². The van der Waals surface area contributed by atoms with Crippen LogP contribution in [0.4, 0.5) is 6.01 Å². The molecule has 6 heteroatoms. The van der Waals surface area contributed by atoms with Crippen LogP contribution < -0.4 is 11.1 Å². The number of aromatic nitrogens is 2. The second kappa shape index (κ2) is 8.97. The number of hydrogen-bond acceptors (Lipinski definition) is 6. The molecule has 0 saturated carbocycles. The first-order chi connectivity index (χ1) is 12.3. The van der Waals surface area contributed by atoms with E-state index in [1.54, 1.807) is 0 Å². The van der Waals surface area contributed by atoms with Gasteiger partial charge in [0.1, 0.15) is 6.04 Å². The molecule has 1 aromatic heterocycles. The van der Waals surface area contributed by atoms with E-state index in [0.717, 1.165) is 24.4 Å². The average molecular weight is 343 g/mol. The minimum Gasteiger partial charge on any atom is -0.406 e. The Morgan fingerprint density at radius 3 is 2.72 bits per heavy atom. The summed E-state index contributed by atoms with van der Waals surface area (Å²) < 4.78 is 5.67. The van der Waals surface area contributed by atoms with Crippen LogP contribution in [0.2, 0.25) is 0 Å². The Bertz CT molecular complexity index is 622. The molecule has 0 unspecified atom stereocenters. The predicted molar refractivity (Wildman–Crippen MR) is 99.3 cm³/mol. The molecule has 0 bridgehead atoms. The minimum absolute atomic E-state index is 0.382. The van der Waals surface area contributed by atoms with Crippen molar-refractivity contribution in [2.24, 2.45) is 11.7 Å². The molecule has 0 amide bonds. The number of hydrogen-bond donors (Lipinski definition) is 2. The molecule has 0 spiro atoms. The summed E-state index contributed by atoms with van der Waals surface area (Å²) in [4.78, 5) is 2.57. The van der Waals surface area contributed by atoms with Crippen LogP contribution in [0.5, 0.6) is 0 Å². The van der Waals surface area contributed by atoms with Crippen molar-refractivity contribution in [1.82, 2.24) is 15.1 Å². The Kier molecular flexibility index (Phi) is 6.42. The topological polar surface area (TPSA) is 80.2 Å². The second-order valence-corrected chi connectivity index (χ2v) is 6.83. The highest BCUT2D eigenvalue weighted by molar-refractivity contribution is 5.25. The Morgan fingerprint density at radius 1 is 1.24 bits per heavy atom. The van der Waals surface area contributed by atoms with Crippen molar-refractivity contribution in [2.75, 3.05) is 31.5 Å². The van der Waals surface area contributed by atoms with Gasteiger partial charge in [0.2, 0.25) is 5.89 Å². The van der Waals surface area contributed by atoms with Crippen molar-refractivity contribution in [3.63, 3.8) is 0 Å². The predicted octanol–water partition coefficient (Wildman–Crippen LogP) is 3.04. The van der Waals surface area contributed by atoms with Gasteiger partial charge in [-0.3, -0.25) is 0 Å². The number of nitrogens with two attached hydrogens (primary N) is 1. The molecule has 1 aromatic carbocycles. The molecule has 3 rings (SSSR count).